The fraction of sp³-hybridized carbons (Fsp3) is 0.263. The molecule has 0 spiro atoms. The van der Waals surface area contributed by atoms with E-state index in [0.29, 0.717) is 28.9 Å². The van der Waals surface area contributed by atoms with Crippen LogP contribution >= 0.6 is 0 Å². The normalized spacial score (nSPS) is 11.0. The van der Waals surface area contributed by atoms with Gasteiger partial charge in [0, 0.05) is 5.69 Å². The van der Waals surface area contributed by atoms with Gasteiger partial charge in [-0.1, -0.05) is 25.1 Å². The summed E-state index contributed by atoms with van der Waals surface area (Å²) in [6.07, 6.45) is 0.580. The fourth-order valence-electron chi connectivity index (χ4n) is 2.51. The zero-order valence-corrected chi connectivity index (χ0v) is 16.0. The molecule has 3 N–H and O–H groups in total. The summed E-state index contributed by atoms with van der Waals surface area (Å²) in [6, 6.07) is 11.1. The molecular weight excluding hydrogens is 368 g/mol. The summed E-state index contributed by atoms with van der Waals surface area (Å²) in [7, 11) is -3.42. The van der Waals surface area contributed by atoms with E-state index < -0.39 is 16.0 Å². The Kier molecular flexibility index (Phi) is 6.57. The van der Waals surface area contributed by atoms with E-state index in [0.717, 1.165) is 0 Å². The monoisotopic (exact) mass is 390 g/mol. The smallest absolute Gasteiger partial charge is 0.335 e. The average Bonchev–Trinajstić information content (AvgIpc) is 2.58. The minimum absolute atomic E-state index is 0.0232. The van der Waals surface area contributed by atoms with Gasteiger partial charge < -0.3 is 10.4 Å². The predicted octanol–water partition coefficient (Wildman–Crippen LogP) is 3.03. The third kappa shape index (κ3) is 5.82. The molecule has 2 rings (SSSR count). The van der Waals surface area contributed by atoms with Crippen LogP contribution in [0.4, 0.5) is 11.4 Å². The van der Waals surface area contributed by atoms with E-state index in [1.807, 2.05) is 0 Å². The minimum atomic E-state index is -3.42. The molecule has 0 aliphatic carbocycles. The second-order valence-electron chi connectivity index (χ2n) is 6.13. The SMILES string of the molecule is CCCS(=O)(=O)Nc1cccc(NC(=O)Cc2ccc(C(=O)O)cc2)c1C. The van der Waals surface area contributed by atoms with Crippen molar-refractivity contribution in [2.24, 2.45) is 0 Å². The van der Waals surface area contributed by atoms with Gasteiger partial charge in [0.2, 0.25) is 15.9 Å². The Morgan fingerprint density at radius 3 is 2.26 bits per heavy atom. The summed E-state index contributed by atoms with van der Waals surface area (Å²) in [6.45, 7) is 3.51. The lowest BCUT2D eigenvalue weighted by atomic mass is 10.1. The van der Waals surface area contributed by atoms with Crippen LogP contribution in [0, 0.1) is 6.92 Å². The van der Waals surface area contributed by atoms with Crippen molar-refractivity contribution in [3.8, 4) is 0 Å². The van der Waals surface area contributed by atoms with E-state index >= 15 is 0 Å². The molecule has 2 aromatic carbocycles. The maximum Gasteiger partial charge on any atom is 0.335 e. The van der Waals surface area contributed by atoms with Crippen LogP contribution in [0.1, 0.15) is 34.8 Å². The van der Waals surface area contributed by atoms with Crippen molar-refractivity contribution in [1.82, 2.24) is 0 Å². The van der Waals surface area contributed by atoms with E-state index in [2.05, 4.69) is 10.0 Å². The lowest BCUT2D eigenvalue weighted by Crippen LogP contribution is -2.18. The van der Waals surface area contributed by atoms with Crippen molar-refractivity contribution in [2.45, 2.75) is 26.7 Å². The molecule has 0 saturated carbocycles. The van der Waals surface area contributed by atoms with Gasteiger partial charge >= 0.3 is 5.97 Å². The van der Waals surface area contributed by atoms with Gasteiger partial charge in [-0.25, -0.2) is 13.2 Å². The molecule has 0 aromatic heterocycles. The van der Waals surface area contributed by atoms with E-state index in [-0.39, 0.29) is 23.6 Å². The molecule has 1 amide bonds. The Morgan fingerprint density at radius 2 is 1.67 bits per heavy atom. The molecule has 144 valence electrons. The van der Waals surface area contributed by atoms with Gasteiger partial charge in [0.15, 0.2) is 0 Å². The molecule has 7 nitrogen and oxygen atoms in total. The minimum Gasteiger partial charge on any atom is -0.478 e. The number of nitrogens with one attached hydrogen (secondary N) is 2. The summed E-state index contributed by atoms with van der Waals surface area (Å²) in [5.41, 5.74) is 2.38. The Balaban J connectivity index is 2.09. The van der Waals surface area contributed by atoms with Gasteiger partial charge in [0.1, 0.15) is 0 Å². The van der Waals surface area contributed by atoms with Gasteiger partial charge in [-0.3, -0.25) is 9.52 Å². The number of benzene rings is 2. The van der Waals surface area contributed by atoms with Crippen LogP contribution in [-0.4, -0.2) is 31.2 Å². The Hall–Kier alpha value is -2.87. The number of carbonyl (C=O) groups excluding carboxylic acids is 1. The Bertz CT molecular complexity index is 937. The number of hydrogen-bond acceptors (Lipinski definition) is 4. The van der Waals surface area contributed by atoms with Crippen molar-refractivity contribution in [2.75, 3.05) is 15.8 Å². The van der Waals surface area contributed by atoms with Crippen LogP contribution in [0.2, 0.25) is 0 Å². The summed E-state index contributed by atoms with van der Waals surface area (Å²) in [5, 5.41) is 11.7. The number of hydrogen-bond donors (Lipinski definition) is 3. The van der Waals surface area contributed by atoms with Gasteiger partial charge in [-0.2, -0.15) is 0 Å². The van der Waals surface area contributed by atoms with Crippen molar-refractivity contribution in [3.05, 3.63) is 59.2 Å². The first kappa shape index (κ1) is 20.4. The first-order valence-electron chi connectivity index (χ1n) is 8.44. The van der Waals surface area contributed by atoms with Crippen molar-refractivity contribution < 1.29 is 23.1 Å². The van der Waals surface area contributed by atoms with Crippen molar-refractivity contribution >= 4 is 33.3 Å². The number of carbonyl (C=O) groups is 2. The molecule has 27 heavy (non-hydrogen) atoms. The summed E-state index contributed by atoms with van der Waals surface area (Å²) in [4.78, 5) is 23.1. The highest BCUT2D eigenvalue weighted by Gasteiger charge is 2.13. The number of carboxylic acid groups (broad SMARTS) is 1. The molecule has 2 aromatic rings. The Morgan fingerprint density at radius 1 is 1.04 bits per heavy atom. The maximum atomic E-state index is 12.3. The molecule has 0 bridgehead atoms. The molecule has 0 aliphatic heterocycles. The molecule has 0 radical (unpaired) electrons. The van der Waals surface area contributed by atoms with E-state index in [1.54, 1.807) is 44.2 Å². The largest absolute Gasteiger partial charge is 0.478 e. The summed E-state index contributed by atoms with van der Waals surface area (Å²) < 4.78 is 26.5. The van der Waals surface area contributed by atoms with E-state index in [9.17, 15) is 18.0 Å². The van der Waals surface area contributed by atoms with Crippen LogP contribution in [0.15, 0.2) is 42.5 Å². The molecule has 0 aliphatic rings. The van der Waals surface area contributed by atoms with Gasteiger partial charge in [0.05, 0.1) is 23.4 Å². The molecule has 0 fully saturated rings. The molecule has 0 saturated heterocycles. The predicted molar refractivity (Wildman–Crippen MR) is 105 cm³/mol. The lowest BCUT2D eigenvalue weighted by molar-refractivity contribution is -0.115. The standard InChI is InChI=1S/C19H22N2O5S/c1-3-11-27(25,26)21-17-6-4-5-16(13(17)2)20-18(22)12-14-7-9-15(10-8-14)19(23)24/h4-10,21H,3,11-12H2,1-2H3,(H,20,22)(H,23,24). The highest BCUT2D eigenvalue weighted by Crippen LogP contribution is 2.24. The number of carboxylic acids is 1. The molecule has 8 heteroatoms. The molecule has 0 unspecified atom stereocenters. The van der Waals surface area contributed by atoms with Crippen molar-refractivity contribution in [3.63, 3.8) is 0 Å². The van der Waals surface area contributed by atoms with E-state index in [4.69, 9.17) is 5.11 Å². The van der Waals surface area contributed by atoms with Gasteiger partial charge in [-0.05, 0) is 48.7 Å². The molecule has 0 heterocycles. The fourth-order valence-corrected chi connectivity index (χ4v) is 3.71. The first-order chi connectivity index (χ1) is 12.7. The first-order valence-corrected chi connectivity index (χ1v) is 10.1. The van der Waals surface area contributed by atoms with Crippen molar-refractivity contribution in [1.29, 1.82) is 0 Å². The topological polar surface area (TPSA) is 113 Å². The molecular formula is C19H22N2O5S. The number of amides is 1. The number of sulfonamides is 1. The number of anilines is 2. The Labute approximate surface area is 158 Å². The lowest BCUT2D eigenvalue weighted by Gasteiger charge is -2.14. The van der Waals surface area contributed by atoms with E-state index in [1.165, 1.54) is 12.1 Å². The van der Waals surface area contributed by atoms with Gasteiger partial charge in [-0.15, -0.1) is 0 Å². The average molecular weight is 390 g/mol. The second kappa shape index (κ2) is 8.68. The van der Waals surface area contributed by atoms with Crippen LogP contribution in [0.3, 0.4) is 0 Å². The quantitative estimate of drug-likeness (QED) is 0.641. The number of rotatable bonds is 8. The summed E-state index contributed by atoms with van der Waals surface area (Å²) in [5.74, 6) is -1.28. The molecule has 0 atom stereocenters. The summed E-state index contributed by atoms with van der Waals surface area (Å²) >= 11 is 0. The zero-order valence-electron chi connectivity index (χ0n) is 15.2. The van der Waals surface area contributed by atoms with Crippen LogP contribution < -0.4 is 10.0 Å². The van der Waals surface area contributed by atoms with Crippen LogP contribution in [0.25, 0.3) is 0 Å². The maximum absolute atomic E-state index is 12.3. The van der Waals surface area contributed by atoms with Gasteiger partial charge in [0.25, 0.3) is 0 Å². The highest BCUT2D eigenvalue weighted by molar-refractivity contribution is 7.92. The third-order valence-electron chi connectivity index (χ3n) is 3.91. The highest BCUT2D eigenvalue weighted by atomic mass is 32.2. The second-order valence-corrected chi connectivity index (χ2v) is 7.97. The van der Waals surface area contributed by atoms with Crippen LogP contribution in [0.5, 0.6) is 0 Å². The third-order valence-corrected chi connectivity index (χ3v) is 5.39. The van der Waals surface area contributed by atoms with Crippen LogP contribution in [-0.2, 0) is 21.2 Å². The zero-order chi connectivity index (χ0) is 20.0. The number of aromatic carboxylic acids is 1.